The van der Waals surface area contributed by atoms with Crippen molar-refractivity contribution in [3.63, 3.8) is 0 Å². The van der Waals surface area contributed by atoms with Crippen LogP contribution in [-0.4, -0.2) is 39.7 Å². The Hall–Kier alpha value is -4.46. The SMILES string of the molecule is O=C(O)c1cccc(NC(=O)[C@H](Cc2ccccc2)N2C(=O)[C@@H]3[C@H](C2=O)C2(Cl)c4ccccc4C3(Cl)c3ccccc32)c1. The number of alkyl halides is 2. The molecule has 43 heavy (non-hydrogen) atoms. The smallest absolute Gasteiger partial charge is 0.335 e. The molecule has 1 aliphatic heterocycles. The molecule has 4 aromatic carbocycles. The van der Waals surface area contributed by atoms with Gasteiger partial charge in [0.25, 0.3) is 0 Å². The number of carbonyl (C=O) groups excluding carboxylic acids is 3. The van der Waals surface area contributed by atoms with Crippen molar-refractivity contribution in [2.24, 2.45) is 11.8 Å². The van der Waals surface area contributed by atoms with Gasteiger partial charge in [0, 0.05) is 12.1 Å². The van der Waals surface area contributed by atoms with Crippen molar-refractivity contribution in [1.82, 2.24) is 4.90 Å². The number of nitrogens with one attached hydrogen (secondary N) is 1. The molecule has 7 nitrogen and oxygen atoms in total. The second-order valence-corrected chi connectivity index (χ2v) is 12.3. The third kappa shape index (κ3) is 3.81. The first kappa shape index (κ1) is 27.4. The van der Waals surface area contributed by atoms with Gasteiger partial charge in [-0.1, -0.05) is 84.9 Å². The maximum atomic E-state index is 14.5. The van der Waals surface area contributed by atoms with Gasteiger partial charge in [0.2, 0.25) is 17.7 Å². The van der Waals surface area contributed by atoms with E-state index in [1.165, 1.54) is 18.2 Å². The summed E-state index contributed by atoms with van der Waals surface area (Å²) in [6.07, 6.45) is 0.0344. The Morgan fingerprint density at radius 1 is 0.744 bits per heavy atom. The topological polar surface area (TPSA) is 104 Å². The van der Waals surface area contributed by atoms with Crippen LogP contribution in [0, 0.1) is 11.8 Å². The van der Waals surface area contributed by atoms with Crippen LogP contribution in [0.5, 0.6) is 0 Å². The van der Waals surface area contributed by atoms with Gasteiger partial charge in [-0.05, 0) is 46.0 Å². The number of likely N-dealkylation sites (tertiary alicyclic amines) is 1. The predicted molar refractivity (Wildman–Crippen MR) is 161 cm³/mol. The second kappa shape index (κ2) is 9.79. The lowest BCUT2D eigenvalue weighted by molar-refractivity contribution is -0.146. The summed E-state index contributed by atoms with van der Waals surface area (Å²) in [7, 11) is 0. The van der Waals surface area contributed by atoms with Crippen LogP contribution in [0.4, 0.5) is 5.69 Å². The van der Waals surface area contributed by atoms with E-state index in [-0.39, 0.29) is 17.7 Å². The fourth-order valence-electron chi connectivity index (χ4n) is 7.09. The lowest BCUT2D eigenvalue weighted by Gasteiger charge is -2.54. The summed E-state index contributed by atoms with van der Waals surface area (Å²) < 4.78 is 0. The number of carboxylic acids is 1. The molecular formula is C34H24Cl2N2O5. The number of hydrogen-bond donors (Lipinski definition) is 2. The molecule has 214 valence electrons. The van der Waals surface area contributed by atoms with E-state index in [1.807, 2.05) is 78.9 Å². The normalized spacial score (nSPS) is 25.5. The third-order valence-electron chi connectivity index (χ3n) is 8.88. The summed E-state index contributed by atoms with van der Waals surface area (Å²) in [5.74, 6) is -5.04. The molecular weight excluding hydrogens is 587 g/mol. The molecule has 1 heterocycles. The van der Waals surface area contributed by atoms with Gasteiger partial charge in [0.1, 0.15) is 15.8 Å². The molecule has 0 saturated carbocycles. The minimum Gasteiger partial charge on any atom is -0.478 e. The van der Waals surface area contributed by atoms with Crippen molar-refractivity contribution in [2.75, 3.05) is 5.32 Å². The first-order valence-corrected chi connectivity index (χ1v) is 14.6. The van der Waals surface area contributed by atoms with Crippen LogP contribution in [0.3, 0.4) is 0 Å². The molecule has 1 saturated heterocycles. The molecule has 2 bridgehead atoms. The first-order chi connectivity index (χ1) is 20.7. The third-order valence-corrected chi connectivity index (χ3v) is 10.2. The van der Waals surface area contributed by atoms with Crippen LogP contribution >= 0.6 is 23.2 Å². The quantitative estimate of drug-likeness (QED) is 0.221. The highest BCUT2D eigenvalue weighted by Gasteiger charge is 2.73. The van der Waals surface area contributed by atoms with Gasteiger partial charge in [-0.25, -0.2) is 4.79 Å². The van der Waals surface area contributed by atoms with Crippen LogP contribution in [0.2, 0.25) is 0 Å². The molecule has 1 fully saturated rings. The zero-order valence-electron chi connectivity index (χ0n) is 22.5. The standard InChI is InChI=1S/C34H24Cl2N2O5/c35-33-22-13-4-5-14-23(22)34(36,25-16-7-6-15-24(25)33)28-27(33)30(40)38(31(28)41)26(17-19-9-2-1-3-10-19)29(39)37-21-12-8-11-20(18-21)32(42)43/h1-16,18,26-28H,17H2,(H,37,39)(H,42,43)/t26-,27-,28+,33?,34?/m0/s1. The Morgan fingerprint density at radius 2 is 1.23 bits per heavy atom. The number of carboxylic acid groups (broad SMARTS) is 1. The number of aromatic carboxylic acids is 1. The minimum atomic E-state index is -1.38. The van der Waals surface area contributed by atoms with Gasteiger partial charge in [0.05, 0.1) is 17.4 Å². The molecule has 2 N–H and O–H groups in total. The van der Waals surface area contributed by atoms with Crippen LogP contribution in [-0.2, 0) is 30.6 Å². The van der Waals surface area contributed by atoms with Gasteiger partial charge in [-0.3, -0.25) is 19.3 Å². The number of halogens is 2. The maximum Gasteiger partial charge on any atom is 0.335 e. The number of carbonyl (C=O) groups is 4. The molecule has 9 heteroatoms. The van der Waals surface area contributed by atoms with Crippen molar-refractivity contribution in [3.8, 4) is 0 Å². The molecule has 0 aromatic heterocycles. The van der Waals surface area contributed by atoms with Crippen molar-refractivity contribution in [2.45, 2.75) is 22.2 Å². The molecule has 4 aliphatic rings. The number of hydrogen-bond acceptors (Lipinski definition) is 4. The summed E-state index contributed by atoms with van der Waals surface area (Å²) in [5, 5.41) is 12.2. The molecule has 0 unspecified atom stereocenters. The average Bonchev–Trinajstić information content (AvgIpc) is 3.29. The van der Waals surface area contributed by atoms with Gasteiger partial charge in [-0.15, -0.1) is 23.2 Å². The minimum absolute atomic E-state index is 0.0166. The fraction of sp³-hybridized carbons (Fsp3) is 0.176. The second-order valence-electron chi connectivity index (χ2n) is 11.1. The molecule has 3 amide bonds. The lowest BCUT2D eigenvalue weighted by atomic mass is 9.54. The van der Waals surface area contributed by atoms with E-state index in [9.17, 15) is 24.3 Å². The van der Waals surface area contributed by atoms with Crippen molar-refractivity contribution < 1.29 is 24.3 Å². The molecule has 0 spiro atoms. The van der Waals surface area contributed by atoms with Crippen molar-refractivity contribution in [3.05, 3.63) is 137 Å². The zero-order valence-corrected chi connectivity index (χ0v) is 24.0. The van der Waals surface area contributed by atoms with E-state index in [4.69, 9.17) is 23.2 Å². The summed E-state index contributed by atoms with van der Waals surface area (Å²) in [6.45, 7) is 0. The van der Waals surface area contributed by atoms with Crippen LogP contribution < -0.4 is 5.32 Å². The number of anilines is 1. The van der Waals surface area contributed by atoms with E-state index in [0.29, 0.717) is 22.3 Å². The largest absolute Gasteiger partial charge is 0.478 e. The van der Waals surface area contributed by atoms with E-state index < -0.39 is 51.3 Å². The van der Waals surface area contributed by atoms with Crippen LogP contribution in [0.25, 0.3) is 0 Å². The maximum absolute atomic E-state index is 14.5. The highest BCUT2D eigenvalue weighted by atomic mass is 35.5. The first-order valence-electron chi connectivity index (χ1n) is 13.8. The predicted octanol–water partition coefficient (Wildman–Crippen LogP) is 5.53. The average molecular weight is 611 g/mol. The number of nitrogens with zero attached hydrogens (tertiary/aromatic N) is 1. The van der Waals surface area contributed by atoms with Crippen molar-refractivity contribution >= 4 is 52.6 Å². The Balaban J connectivity index is 1.35. The van der Waals surface area contributed by atoms with Gasteiger partial charge < -0.3 is 10.4 Å². The van der Waals surface area contributed by atoms with Gasteiger partial charge in [0.15, 0.2) is 0 Å². The van der Waals surface area contributed by atoms with E-state index in [2.05, 4.69) is 5.32 Å². The monoisotopic (exact) mass is 610 g/mol. The Morgan fingerprint density at radius 3 is 1.72 bits per heavy atom. The Kier molecular flexibility index (Phi) is 6.24. The summed E-state index contributed by atoms with van der Waals surface area (Å²) in [5.41, 5.74) is 3.62. The molecule has 3 atom stereocenters. The van der Waals surface area contributed by atoms with Crippen LogP contribution in [0.1, 0.15) is 38.2 Å². The van der Waals surface area contributed by atoms with E-state index in [0.717, 1.165) is 10.5 Å². The number of benzene rings is 4. The van der Waals surface area contributed by atoms with Gasteiger partial charge >= 0.3 is 5.97 Å². The van der Waals surface area contributed by atoms with Crippen molar-refractivity contribution in [1.29, 1.82) is 0 Å². The summed E-state index contributed by atoms with van der Waals surface area (Å²) >= 11 is 15.1. The Bertz CT molecular complexity index is 1720. The highest BCUT2D eigenvalue weighted by Crippen LogP contribution is 2.69. The lowest BCUT2D eigenvalue weighted by Crippen LogP contribution is -2.57. The fourth-order valence-corrected chi connectivity index (χ4v) is 8.19. The van der Waals surface area contributed by atoms with Crippen LogP contribution in [0.15, 0.2) is 103 Å². The summed E-state index contributed by atoms with van der Waals surface area (Å²) in [6, 6.07) is 28.3. The van der Waals surface area contributed by atoms with E-state index in [1.54, 1.807) is 6.07 Å². The zero-order chi connectivity index (χ0) is 30.1. The number of amides is 3. The molecule has 0 radical (unpaired) electrons. The number of imide groups is 1. The summed E-state index contributed by atoms with van der Waals surface area (Å²) in [4.78, 5) is 52.9. The van der Waals surface area contributed by atoms with E-state index >= 15 is 0 Å². The highest BCUT2D eigenvalue weighted by molar-refractivity contribution is 6.36. The van der Waals surface area contributed by atoms with Gasteiger partial charge in [-0.2, -0.15) is 0 Å². The Labute approximate surface area is 257 Å². The molecule has 3 aliphatic carbocycles. The number of rotatable bonds is 6. The molecule has 4 aromatic rings. The molecule has 8 rings (SSSR count).